The summed E-state index contributed by atoms with van der Waals surface area (Å²) in [7, 11) is 7.73. The summed E-state index contributed by atoms with van der Waals surface area (Å²) in [5, 5.41) is 23.7. The van der Waals surface area contributed by atoms with Crippen molar-refractivity contribution >= 4 is 142 Å². The van der Waals surface area contributed by atoms with Gasteiger partial charge >= 0.3 is 24.2 Å². The SMILES string of the molecule is CC[C@]1(OC(=O)OCCSSC[C@@H](NC(C)=O)C(=O)N[C@@H](CCCCNC(=O)[C@@H](CSSCCOC(=O)O[C@]2(CC)C(=O)OCc3c2cc2n(c3=O)Cc3cc4ccccc4nc3-2)NC(C)=O)C(=O)N[C@@H](CCCCNC(=O)CCOCCOCCOCCOCCOC)C(=O)N[C@@H](CCCCNC(=O)CCOCCOCCOCCOCCOC)C(N)=O)C(=O)OCc2c1cc1n(c2=O)Cc2cc3ccccc3nc2-1. The van der Waals surface area contributed by atoms with Crippen molar-refractivity contribution in [3.05, 3.63) is 127 Å². The highest BCUT2D eigenvalue weighted by molar-refractivity contribution is 8.77. The maximum atomic E-state index is 15.1. The molecule has 4 aromatic heterocycles. The Hall–Kier alpha value is -11.1. The number of methoxy groups -OCH3 is 2. The van der Waals surface area contributed by atoms with E-state index in [0.717, 1.165) is 43.5 Å². The molecular weight excluding hydrogens is 1980 g/mol. The number of carbonyl (C=O) groups is 13. The molecule has 4 aliphatic rings. The van der Waals surface area contributed by atoms with Crippen LogP contribution in [0, 0.1) is 0 Å². The number of hydrogen-bond acceptors (Lipinski definition) is 37. The van der Waals surface area contributed by atoms with Crippen LogP contribution in [-0.2, 0) is 166 Å². The second-order valence-corrected chi connectivity index (χ2v) is 39.3. The third kappa shape index (κ3) is 35.6. The molecule has 0 unspecified atom stereocenters. The third-order valence-corrected chi connectivity index (χ3v) is 28.5. The van der Waals surface area contributed by atoms with E-state index in [1.807, 2.05) is 60.7 Å². The van der Waals surface area contributed by atoms with Crippen LogP contribution in [0.3, 0.4) is 0 Å². The molecule has 0 radical (unpaired) electrons. The molecule has 7 atom stereocenters. The molecule has 9 amide bonds. The smallest absolute Gasteiger partial charge is 0.457 e. The van der Waals surface area contributed by atoms with Gasteiger partial charge < -0.3 is 133 Å². The second-order valence-electron chi connectivity index (χ2n) is 34.1. The molecule has 4 aliphatic heterocycles. The molecule has 48 heteroatoms. The van der Waals surface area contributed by atoms with Gasteiger partial charge in [0.2, 0.25) is 64.4 Å². The number of esters is 2. The molecule has 8 heterocycles. The van der Waals surface area contributed by atoms with E-state index in [1.165, 1.54) is 35.4 Å². The van der Waals surface area contributed by atoms with Crippen molar-refractivity contribution in [2.75, 3.05) is 189 Å². The summed E-state index contributed by atoms with van der Waals surface area (Å²) in [6.45, 7) is 11.3. The lowest BCUT2D eigenvalue weighted by molar-refractivity contribution is -0.175. The Kier molecular flexibility index (Phi) is 49.8. The number of nitrogens with one attached hydrogen (secondary N) is 8. The minimum Gasteiger partial charge on any atom is -0.457 e. The minimum atomic E-state index is -2.08. The zero-order valence-corrected chi connectivity index (χ0v) is 86.3. The van der Waals surface area contributed by atoms with Crippen LogP contribution in [-0.4, -0.2) is 316 Å². The zero-order chi connectivity index (χ0) is 105. The largest absolute Gasteiger partial charge is 0.509 e. The number of carbonyl (C=O) groups excluding carboxylic acids is 13. The van der Waals surface area contributed by atoms with Gasteiger partial charge in [0.1, 0.15) is 56.6 Å². The number of amides is 9. The minimum absolute atomic E-state index is 0.0110. The van der Waals surface area contributed by atoms with Crippen LogP contribution in [0.1, 0.15) is 145 Å². The fourth-order valence-corrected chi connectivity index (χ4v) is 20.2. The van der Waals surface area contributed by atoms with E-state index in [4.69, 9.17) is 91.5 Å². The van der Waals surface area contributed by atoms with Gasteiger partial charge in [0.15, 0.2) is 0 Å². The monoisotopic (exact) mass is 2120 g/mol. The van der Waals surface area contributed by atoms with Crippen LogP contribution >= 0.6 is 43.2 Å². The van der Waals surface area contributed by atoms with E-state index in [9.17, 15) is 67.1 Å². The predicted octanol–water partition coefficient (Wildman–Crippen LogP) is 5.27. The average Bonchev–Trinajstić information content (AvgIpc) is 1.47. The Labute approximate surface area is 860 Å². The number of pyridine rings is 4. The number of rotatable bonds is 71. The summed E-state index contributed by atoms with van der Waals surface area (Å²) in [6.07, 6.45) is -1.51. The number of nitrogens with two attached hydrogens (primary N) is 1. The van der Waals surface area contributed by atoms with Gasteiger partial charge in [-0.15, -0.1) is 0 Å². The van der Waals surface area contributed by atoms with Gasteiger partial charge in [0.05, 0.1) is 177 Å². The molecule has 0 spiro atoms. The fourth-order valence-electron chi connectivity index (χ4n) is 16.2. The summed E-state index contributed by atoms with van der Waals surface area (Å²) in [4.78, 5) is 216. The second kappa shape index (κ2) is 62.2. The van der Waals surface area contributed by atoms with Gasteiger partial charge in [-0.3, -0.25) is 52.7 Å². The Bertz CT molecular complexity index is 5530. The van der Waals surface area contributed by atoms with E-state index in [0.29, 0.717) is 120 Å². The van der Waals surface area contributed by atoms with Crippen LogP contribution in [0.4, 0.5) is 9.59 Å². The van der Waals surface area contributed by atoms with Gasteiger partial charge in [-0.2, -0.15) is 0 Å². The number of aromatic nitrogens is 4. The maximum absolute atomic E-state index is 15.1. The first kappa shape index (κ1) is 117. The van der Waals surface area contributed by atoms with Crippen molar-refractivity contribution in [2.45, 2.75) is 179 Å². The zero-order valence-electron chi connectivity index (χ0n) is 83.1. The van der Waals surface area contributed by atoms with E-state index in [2.05, 4.69) is 42.5 Å². The molecule has 2 aromatic carbocycles. The first-order valence-corrected chi connectivity index (χ1v) is 53.7. The van der Waals surface area contributed by atoms with E-state index < -0.39 is 118 Å². The molecule has 10 N–H and O–H groups in total. The Balaban J connectivity index is 0.754. The fraction of sp³-hybridized carbons (Fsp3) is 0.582. The third-order valence-electron chi connectivity index (χ3n) is 23.8. The van der Waals surface area contributed by atoms with E-state index in [-0.39, 0.29) is 233 Å². The van der Waals surface area contributed by atoms with Crippen LogP contribution < -0.4 is 59.4 Å². The van der Waals surface area contributed by atoms with E-state index in [1.54, 1.807) is 49.3 Å². The summed E-state index contributed by atoms with van der Waals surface area (Å²) in [5.41, 5.74) is 6.44. The number of fused-ring (bicyclic) bond motifs is 10. The van der Waals surface area contributed by atoms with Gasteiger partial charge in [-0.25, -0.2) is 29.1 Å². The molecular formula is C98H133N13O31S4. The lowest BCUT2D eigenvalue weighted by Crippen LogP contribution is -2.58. The first-order chi connectivity index (χ1) is 70.7. The molecule has 0 fully saturated rings. The Morgan fingerprint density at radius 1 is 0.418 bits per heavy atom. The number of unbranched alkanes of at least 4 members (excludes halogenated alkanes) is 3. The highest BCUT2D eigenvalue weighted by Crippen LogP contribution is 2.44. The highest BCUT2D eigenvalue weighted by atomic mass is 33.1. The van der Waals surface area contributed by atoms with Gasteiger partial charge in [-0.1, -0.05) is 93.4 Å². The molecule has 800 valence electrons. The van der Waals surface area contributed by atoms with Crippen molar-refractivity contribution in [1.29, 1.82) is 0 Å². The molecule has 146 heavy (non-hydrogen) atoms. The molecule has 0 aliphatic carbocycles. The molecule has 0 saturated carbocycles. The summed E-state index contributed by atoms with van der Waals surface area (Å²) < 4.78 is 90.5. The predicted molar refractivity (Wildman–Crippen MR) is 540 cm³/mol. The molecule has 6 aromatic rings. The summed E-state index contributed by atoms with van der Waals surface area (Å²) >= 11 is 0. The van der Waals surface area contributed by atoms with Crippen LogP contribution in [0.2, 0.25) is 0 Å². The Morgan fingerprint density at radius 3 is 1.14 bits per heavy atom. The summed E-state index contributed by atoms with van der Waals surface area (Å²) in [6, 6.07) is 15.5. The van der Waals surface area contributed by atoms with Crippen molar-refractivity contribution in [3.8, 4) is 22.8 Å². The van der Waals surface area contributed by atoms with E-state index >= 15 is 4.79 Å². The number of benzene rings is 2. The van der Waals surface area contributed by atoms with Crippen molar-refractivity contribution in [2.24, 2.45) is 5.73 Å². The summed E-state index contributed by atoms with van der Waals surface area (Å²) in [5.74, 6) is -7.61. The molecule has 0 bridgehead atoms. The lowest BCUT2D eigenvalue weighted by atomic mass is 9.85. The lowest BCUT2D eigenvalue weighted by Gasteiger charge is -2.35. The van der Waals surface area contributed by atoms with Gasteiger partial charge in [0.25, 0.3) is 11.1 Å². The molecule has 44 nitrogen and oxygen atoms in total. The van der Waals surface area contributed by atoms with Crippen molar-refractivity contribution in [1.82, 2.24) is 61.6 Å². The Morgan fingerprint density at radius 2 is 0.767 bits per heavy atom. The topological polar surface area (TPSA) is 562 Å². The molecule has 0 saturated heterocycles. The number of primary amides is 1. The molecule has 10 rings (SSSR count). The van der Waals surface area contributed by atoms with Crippen molar-refractivity contribution in [3.63, 3.8) is 0 Å². The number of cyclic esters (lactones) is 2. The first-order valence-electron chi connectivity index (χ1n) is 48.8. The van der Waals surface area contributed by atoms with Crippen LogP contribution in [0.25, 0.3) is 44.6 Å². The number of para-hydroxylation sites is 2. The standard InChI is InChI=1S/C98H133N13O31S4/c1-7-97(71-55-80-84-67(53-65-19-9-11-21-73(65)105-84)57-110(80)91(121)69(71)59-139-93(97)123)141-95(125)137-49-51-143-145-61-78(103-63(3)112)87(117)102-30-18-15-25-77(109-90(120)79(104-64(4)113)62-146-144-52-50-138-96(126)142-98(8-2)72-56-81-85-68(54-66-20-10-12-22-74(66)106-85)58-111(81)92(122)70(72)60-140-94(98)124)89(119)108-76(24-14-17-29-101-83(115)27-32-130-38-40-134-46-48-136-44-42-132-36-34-128-6)88(118)107-75(86(99)116)23-13-16-28-100-82(114)26-31-129-37-39-133-45-47-135-43-41-131-35-33-127-5/h9-12,19-22,53-56,75-79H,7-8,13-18,23-52,57-62H2,1-6H3,(H2,99,116)(H,100,114)(H,101,115)(H,102,117)(H,103,112)(H,104,113)(H,107,118)(H,108,119)(H,109,120)/t75-,76-,77-,78+,79+,97-,98+/m0/s1. The maximum Gasteiger partial charge on any atom is 0.509 e. The average molecular weight is 2120 g/mol. The van der Waals surface area contributed by atoms with Crippen LogP contribution in [0.5, 0.6) is 0 Å². The van der Waals surface area contributed by atoms with Crippen molar-refractivity contribution < 1.29 is 138 Å². The quantitative estimate of drug-likeness (QED) is 0.0101. The highest BCUT2D eigenvalue weighted by Gasteiger charge is 2.53. The van der Waals surface area contributed by atoms with Gasteiger partial charge in [0, 0.05) is 117 Å². The van der Waals surface area contributed by atoms with Gasteiger partial charge in [-0.05, 0) is 107 Å². The number of nitrogens with zero attached hydrogens (tertiary/aromatic N) is 4. The number of ether oxygens (including phenoxy) is 16. The number of hydrogen-bond donors (Lipinski definition) is 9. The normalized spacial score (nSPS) is 15.6. The van der Waals surface area contributed by atoms with Crippen LogP contribution in [0.15, 0.2) is 82.4 Å².